The first-order valence-corrected chi connectivity index (χ1v) is 11.3. The van der Waals surface area contributed by atoms with Crippen molar-refractivity contribution in [2.24, 2.45) is 0 Å². The number of nitrogens with zero attached hydrogens (tertiary/aromatic N) is 2. The van der Waals surface area contributed by atoms with Crippen LogP contribution in [0.3, 0.4) is 0 Å². The summed E-state index contributed by atoms with van der Waals surface area (Å²) in [7, 11) is -3.46. The fourth-order valence-corrected chi connectivity index (χ4v) is 4.40. The molecule has 0 spiro atoms. The van der Waals surface area contributed by atoms with Gasteiger partial charge in [0.05, 0.1) is 6.54 Å². The summed E-state index contributed by atoms with van der Waals surface area (Å²) in [5, 5.41) is 4.18. The lowest BCUT2D eigenvalue weighted by Gasteiger charge is -2.32. The Balaban J connectivity index is 1.49. The van der Waals surface area contributed by atoms with Crippen LogP contribution in [0.2, 0.25) is 0 Å². The van der Waals surface area contributed by atoms with Crippen LogP contribution in [0, 0.1) is 0 Å². The van der Waals surface area contributed by atoms with Gasteiger partial charge in [-0.15, -0.1) is 0 Å². The monoisotopic (exact) mass is 413 g/mol. The molecule has 0 atom stereocenters. The van der Waals surface area contributed by atoms with Crippen molar-refractivity contribution in [1.29, 1.82) is 0 Å². The highest BCUT2D eigenvalue weighted by molar-refractivity contribution is 7.92. The van der Waals surface area contributed by atoms with Gasteiger partial charge >= 0.3 is 0 Å². The molecule has 7 heteroatoms. The number of hydrogen-bond acceptors (Lipinski definition) is 4. The summed E-state index contributed by atoms with van der Waals surface area (Å²) in [5.41, 5.74) is 2.81. The number of anilines is 1. The quantitative estimate of drug-likeness (QED) is 0.758. The van der Waals surface area contributed by atoms with Gasteiger partial charge in [-0.2, -0.15) is 4.31 Å². The van der Waals surface area contributed by atoms with Crippen molar-refractivity contribution < 1.29 is 13.2 Å². The molecule has 0 bridgehead atoms. The average Bonchev–Trinajstić information content (AvgIpc) is 2.73. The van der Waals surface area contributed by atoms with Gasteiger partial charge in [0.15, 0.2) is 0 Å². The van der Waals surface area contributed by atoms with Gasteiger partial charge in [-0.3, -0.25) is 9.69 Å². The van der Waals surface area contributed by atoms with Crippen molar-refractivity contribution in [3.05, 3.63) is 71.1 Å². The molecule has 1 aliphatic rings. The van der Waals surface area contributed by atoms with Crippen LogP contribution in [-0.2, 0) is 21.2 Å². The standard InChI is InChI=1S/C22H27N3O3S/c1-2-19-9-6-10-21(17-19)23-22(26)18-24-12-14-25(15-13-24)29(27,28)16-11-20-7-4-3-5-8-20/h3-11,16-17H,2,12-15,18H2,1H3,(H,23,26). The molecule has 154 valence electrons. The number of piperazine rings is 1. The van der Waals surface area contributed by atoms with Crippen LogP contribution < -0.4 is 5.32 Å². The van der Waals surface area contributed by atoms with Crippen LogP contribution in [0.25, 0.3) is 6.08 Å². The van der Waals surface area contributed by atoms with Gasteiger partial charge in [0.25, 0.3) is 0 Å². The van der Waals surface area contributed by atoms with Gasteiger partial charge in [0, 0.05) is 37.3 Å². The van der Waals surface area contributed by atoms with E-state index in [1.165, 1.54) is 15.3 Å². The fraction of sp³-hybridized carbons (Fsp3) is 0.318. The van der Waals surface area contributed by atoms with Gasteiger partial charge in [0.1, 0.15) is 0 Å². The van der Waals surface area contributed by atoms with E-state index >= 15 is 0 Å². The van der Waals surface area contributed by atoms with Crippen LogP contribution in [0.4, 0.5) is 5.69 Å². The molecule has 0 aliphatic carbocycles. The molecule has 0 radical (unpaired) electrons. The molecule has 2 aromatic carbocycles. The molecule has 1 aliphatic heterocycles. The second-order valence-corrected chi connectivity index (χ2v) is 8.85. The summed E-state index contributed by atoms with van der Waals surface area (Å²) < 4.78 is 26.5. The number of carbonyl (C=O) groups excluding carboxylic acids is 1. The Hall–Kier alpha value is -2.48. The number of sulfonamides is 1. The highest BCUT2D eigenvalue weighted by atomic mass is 32.2. The van der Waals surface area contributed by atoms with E-state index in [0.717, 1.165) is 17.7 Å². The van der Waals surface area contributed by atoms with Crippen molar-refractivity contribution in [1.82, 2.24) is 9.21 Å². The van der Waals surface area contributed by atoms with E-state index in [1.54, 1.807) is 6.08 Å². The van der Waals surface area contributed by atoms with E-state index in [4.69, 9.17) is 0 Å². The van der Waals surface area contributed by atoms with Gasteiger partial charge in [0.2, 0.25) is 15.9 Å². The molecular formula is C22H27N3O3S. The highest BCUT2D eigenvalue weighted by Crippen LogP contribution is 2.13. The Morgan fingerprint density at radius 3 is 2.45 bits per heavy atom. The minimum atomic E-state index is -3.46. The van der Waals surface area contributed by atoms with E-state index in [9.17, 15) is 13.2 Å². The zero-order valence-electron chi connectivity index (χ0n) is 16.6. The third kappa shape index (κ3) is 6.25. The molecule has 2 aromatic rings. The van der Waals surface area contributed by atoms with Crippen LogP contribution in [0.5, 0.6) is 0 Å². The fourth-order valence-electron chi connectivity index (χ4n) is 3.23. The Kier molecular flexibility index (Phi) is 7.19. The molecule has 29 heavy (non-hydrogen) atoms. The molecule has 1 saturated heterocycles. The van der Waals surface area contributed by atoms with E-state index < -0.39 is 10.0 Å². The first kappa shape index (κ1) is 21.2. The Morgan fingerprint density at radius 2 is 1.76 bits per heavy atom. The summed E-state index contributed by atoms with van der Waals surface area (Å²) in [6.45, 7) is 4.13. The normalized spacial score (nSPS) is 16.2. The molecule has 0 unspecified atom stereocenters. The lowest BCUT2D eigenvalue weighted by molar-refractivity contribution is -0.117. The number of carbonyl (C=O) groups is 1. The van der Waals surface area contributed by atoms with Crippen LogP contribution in [0.1, 0.15) is 18.1 Å². The second-order valence-electron chi connectivity index (χ2n) is 7.04. The number of benzene rings is 2. The Bertz CT molecular complexity index is 950. The van der Waals surface area contributed by atoms with E-state index in [2.05, 4.69) is 12.2 Å². The van der Waals surface area contributed by atoms with Crippen molar-refractivity contribution >= 4 is 27.7 Å². The lowest BCUT2D eigenvalue weighted by atomic mass is 10.1. The number of nitrogens with one attached hydrogen (secondary N) is 1. The first-order chi connectivity index (χ1) is 14.0. The summed E-state index contributed by atoms with van der Waals surface area (Å²) in [4.78, 5) is 14.3. The van der Waals surface area contributed by atoms with Gasteiger partial charge in [-0.05, 0) is 35.8 Å². The molecule has 6 nitrogen and oxygen atoms in total. The average molecular weight is 414 g/mol. The zero-order valence-corrected chi connectivity index (χ0v) is 17.4. The Morgan fingerprint density at radius 1 is 1.03 bits per heavy atom. The van der Waals surface area contributed by atoms with Gasteiger partial charge in [-0.1, -0.05) is 49.4 Å². The summed E-state index contributed by atoms with van der Waals surface area (Å²) in [5.74, 6) is -0.0847. The highest BCUT2D eigenvalue weighted by Gasteiger charge is 2.25. The number of hydrogen-bond donors (Lipinski definition) is 1. The molecule has 0 saturated carbocycles. The van der Waals surface area contributed by atoms with Crippen molar-refractivity contribution in [2.75, 3.05) is 38.0 Å². The molecule has 1 N–H and O–H groups in total. The number of amides is 1. The van der Waals surface area contributed by atoms with Crippen molar-refractivity contribution in [2.45, 2.75) is 13.3 Å². The third-order valence-electron chi connectivity index (χ3n) is 4.91. The zero-order chi connectivity index (χ0) is 20.7. The lowest BCUT2D eigenvalue weighted by Crippen LogP contribution is -2.49. The molecule has 0 aromatic heterocycles. The summed E-state index contributed by atoms with van der Waals surface area (Å²) in [6.07, 6.45) is 2.53. The third-order valence-corrected chi connectivity index (χ3v) is 6.47. The summed E-state index contributed by atoms with van der Waals surface area (Å²) >= 11 is 0. The van der Waals surface area contributed by atoms with Gasteiger partial charge < -0.3 is 5.32 Å². The molecule has 3 rings (SSSR count). The maximum atomic E-state index is 12.5. The molecular weight excluding hydrogens is 386 g/mol. The molecule has 1 fully saturated rings. The topological polar surface area (TPSA) is 69.7 Å². The number of rotatable bonds is 7. The van der Waals surface area contributed by atoms with Crippen molar-refractivity contribution in [3.8, 4) is 0 Å². The summed E-state index contributed by atoms with van der Waals surface area (Å²) in [6, 6.07) is 17.2. The predicted octanol–water partition coefficient (Wildman–Crippen LogP) is 2.81. The number of aryl methyl sites for hydroxylation is 1. The van der Waals surface area contributed by atoms with E-state index in [1.807, 2.05) is 59.5 Å². The predicted molar refractivity (Wildman–Crippen MR) is 117 cm³/mol. The van der Waals surface area contributed by atoms with Crippen molar-refractivity contribution in [3.63, 3.8) is 0 Å². The molecule has 1 heterocycles. The minimum absolute atomic E-state index is 0.0847. The van der Waals surface area contributed by atoms with E-state index in [-0.39, 0.29) is 12.5 Å². The second kappa shape index (κ2) is 9.82. The smallest absolute Gasteiger partial charge is 0.238 e. The van der Waals surface area contributed by atoms with E-state index in [0.29, 0.717) is 26.2 Å². The van der Waals surface area contributed by atoms with Gasteiger partial charge in [-0.25, -0.2) is 8.42 Å². The SMILES string of the molecule is CCc1cccc(NC(=O)CN2CCN(S(=O)(=O)C=Cc3ccccc3)CC2)c1. The minimum Gasteiger partial charge on any atom is -0.325 e. The molecule has 1 amide bonds. The Labute approximate surface area is 172 Å². The largest absolute Gasteiger partial charge is 0.325 e. The first-order valence-electron chi connectivity index (χ1n) is 9.81. The van der Waals surface area contributed by atoms with Crippen LogP contribution in [-0.4, -0.2) is 56.3 Å². The maximum absolute atomic E-state index is 12.5. The van der Waals surface area contributed by atoms with Crippen LogP contribution in [0.15, 0.2) is 60.0 Å². The van der Waals surface area contributed by atoms with Crippen LogP contribution >= 0.6 is 0 Å². The maximum Gasteiger partial charge on any atom is 0.238 e.